The molecule has 0 fully saturated rings. The Morgan fingerprint density at radius 2 is 2.24 bits per heavy atom. The normalized spacial score (nSPS) is 15.4. The lowest BCUT2D eigenvalue weighted by Gasteiger charge is -2.13. The fourth-order valence-corrected chi connectivity index (χ4v) is 2.55. The molecule has 0 unspecified atom stereocenters. The van der Waals surface area contributed by atoms with Gasteiger partial charge in [0.2, 0.25) is 0 Å². The first-order chi connectivity index (χ1) is 8.20. The van der Waals surface area contributed by atoms with Crippen LogP contribution in [0.4, 0.5) is 0 Å². The predicted molar refractivity (Wildman–Crippen MR) is 72.1 cm³/mol. The number of aryl methyl sites for hydroxylation is 1. The fourth-order valence-electron chi connectivity index (χ4n) is 2.09. The summed E-state index contributed by atoms with van der Waals surface area (Å²) in [5.74, 6) is 0.0258. The van der Waals surface area contributed by atoms with Crippen molar-refractivity contribution in [1.82, 2.24) is 9.88 Å². The highest BCUT2D eigenvalue weighted by molar-refractivity contribution is 9.10. The first-order valence-electron chi connectivity index (χ1n) is 6.02. The first kappa shape index (κ1) is 12.4. The maximum absolute atomic E-state index is 12.1. The lowest BCUT2D eigenvalue weighted by molar-refractivity contribution is 0.0929. The molecule has 92 valence electrons. The van der Waals surface area contributed by atoms with Gasteiger partial charge < -0.3 is 9.88 Å². The van der Waals surface area contributed by atoms with Gasteiger partial charge in [0.25, 0.3) is 5.91 Å². The fraction of sp³-hybridized carbons (Fsp3) is 0.462. The van der Waals surface area contributed by atoms with E-state index in [2.05, 4.69) is 40.3 Å². The van der Waals surface area contributed by atoms with E-state index in [0.29, 0.717) is 0 Å². The third kappa shape index (κ3) is 3.00. The molecule has 1 N–H and O–H groups in total. The van der Waals surface area contributed by atoms with E-state index in [0.717, 1.165) is 36.0 Å². The number of carbonyl (C=O) groups excluding carboxylic acids is 1. The highest BCUT2D eigenvalue weighted by atomic mass is 79.9. The van der Waals surface area contributed by atoms with E-state index in [1.165, 1.54) is 0 Å². The van der Waals surface area contributed by atoms with Crippen molar-refractivity contribution < 1.29 is 4.79 Å². The number of aromatic nitrogens is 1. The van der Waals surface area contributed by atoms with Gasteiger partial charge in [-0.15, -0.1) is 0 Å². The zero-order valence-corrected chi connectivity index (χ0v) is 11.5. The molecule has 2 rings (SSSR count). The van der Waals surface area contributed by atoms with Crippen LogP contribution in [0.5, 0.6) is 0 Å². The number of amides is 1. The minimum atomic E-state index is 0.0258. The Morgan fingerprint density at radius 3 is 2.88 bits per heavy atom. The third-order valence-corrected chi connectivity index (χ3v) is 3.34. The van der Waals surface area contributed by atoms with E-state index in [1.54, 1.807) is 0 Å². The van der Waals surface area contributed by atoms with E-state index >= 15 is 0 Å². The second-order valence-electron chi connectivity index (χ2n) is 4.35. The van der Waals surface area contributed by atoms with Crippen molar-refractivity contribution in [3.05, 3.63) is 34.6 Å². The first-order valence-corrected chi connectivity index (χ1v) is 6.81. The van der Waals surface area contributed by atoms with Crippen LogP contribution in [0.25, 0.3) is 0 Å². The number of hydrogen-bond donors (Lipinski definition) is 1. The molecule has 1 heterocycles. The van der Waals surface area contributed by atoms with Gasteiger partial charge in [0.1, 0.15) is 5.69 Å². The van der Waals surface area contributed by atoms with Gasteiger partial charge in [0, 0.05) is 23.3 Å². The van der Waals surface area contributed by atoms with Crippen molar-refractivity contribution >= 4 is 21.8 Å². The van der Waals surface area contributed by atoms with Crippen LogP contribution in [-0.4, -0.2) is 16.5 Å². The number of nitrogens with zero attached hydrogens (tertiary/aromatic N) is 1. The highest BCUT2D eigenvalue weighted by Crippen LogP contribution is 2.17. The van der Waals surface area contributed by atoms with Gasteiger partial charge in [-0.05, 0) is 41.3 Å². The Morgan fingerprint density at radius 1 is 1.53 bits per heavy atom. The van der Waals surface area contributed by atoms with Gasteiger partial charge in [-0.3, -0.25) is 4.79 Å². The molecular formula is C13H17BrN2O. The molecule has 1 amide bonds. The topological polar surface area (TPSA) is 34.0 Å². The van der Waals surface area contributed by atoms with Crippen molar-refractivity contribution in [1.29, 1.82) is 0 Å². The molecule has 0 bridgehead atoms. The maximum atomic E-state index is 12.1. The molecule has 3 nitrogen and oxygen atoms in total. The third-order valence-electron chi connectivity index (χ3n) is 2.90. The SMILES string of the molecule is CCCn1cc(Br)cc1C(=O)NC1CC=CC1. The highest BCUT2D eigenvalue weighted by Gasteiger charge is 2.17. The summed E-state index contributed by atoms with van der Waals surface area (Å²) < 4.78 is 2.96. The number of nitrogens with one attached hydrogen (secondary N) is 1. The van der Waals surface area contributed by atoms with E-state index in [4.69, 9.17) is 0 Å². The quantitative estimate of drug-likeness (QED) is 0.851. The molecule has 0 saturated heterocycles. The van der Waals surface area contributed by atoms with E-state index in [9.17, 15) is 4.79 Å². The zero-order valence-electron chi connectivity index (χ0n) is 9.95. The van der Waals surface area contributed by atoms with Crippen molar-refractivity contribution in [2.24, 2.45) is 0 Å². The summed E-state index contributed by atoms with van der Waals surface area (Å²) in [5.41, 5.74) is 0.741. The van der Waals surface area contributed by atoms with Crippen LogP contribution in [0.2, 0.25) is 0 Å². The van der Waals surface area contributed by atoms with Crippen LogP contribution in [0, 0.1) is 0 Å². The molecule has 0 aliphatic heterocycles. The minimum Gasteiger partial charge on any atom is -0.347 e. The van der Waals surface area contributed by atoms with Crippen LogP contribution in [0.15, 0.2) is 28.9 Å². The second-order valence-corrected chi connectivity index (χ2v) is 5.27. The predicted octanol–water partition coefficient (Wildman–Crippen LogP) is 3.11. The smallest absolute Gasteiger partial charge is 0.268 e. The van der Waals surface area contributed by atoms with Crippen molar-refractivity contribution in [2.45, 2.75) is 38.8 Å². The van der Waals surface area contributed by atoms with Gasteiger partial charge in [0.15, 0.2) is 0 Å². The molecule has 1 aromatic heterocycles. The second kappa shape index (κ2) is 5.54. The average Bonchev–Trinajstić information content (AvgIpc) is 2.88. The number of rotatable bonds is 4. The standard InChI is InChI=1S/C13H17BrN2O/c1-2-7-16-9-10(14)8-12(16)13(17)15-11-5-3-4-6-11/h3-4,8-9,11H,2,5-7H2,1H3,(H,15,17). The van der Waals surface area contributed by atoms with E-state index in [-0.39, 0.29) is 11.9 Å². The largest absolute Gasteiger partial charge is 0.347 e. The van der Waals surface area contributed by atoms with Gasteiger partial charge in [0.05, 0.1) is 0 Å². The summed E-state index contributed by atoms with van der Waals surface area (Å²) >= 11 is 3.42. The van der Waals surface area contributed by atoms with Crippen LogP contribution in [0.3, 0.4) is 0 Å². The molecule has 0 aromatic carbocycles. The van der Waals surface area contributed by atoms with Crippen LogP contribution in [-0.2, 0) is 6.54 Å². The number of carbonyl (C=O) groups is 1. The van der Waals surface area contributed by atoms with Gasteiger partial charge >= 0.3 is 0 Å². The summed E-state index contributed by atoms with van der Waals surface area (Å²) in [6.07, 6.45) is 9.11. The summed E-state index contributed by atoms with van der Waals surface area (Å²) in [7, 11) is 0. The summed E-state index contributed by atoms with van der Waals surface area (Å²) in [4.78, 5) is 12.1. The minimum absolute atomic E-state index is 0.0258. The molecule has 0 radical (unpaired) electrons. The molecule has 0 spiro atoms. The van der Waals surface area contributed by atoms with Gasteiger partial charge in [-0.2, -0.15) is 0 Å². The number of hydrogen-bond acceptors (Lipinski definition) is 1. The average molecular weight is 297 g/mol. The molecule has 17 heavy (non-hydrogen) atoms. The molecule has 1 aliphatic carbocycles. The molecule has 0 atom stereocenters. The van der Waals surface area contributed by atoms with Crippen molar-refractivity contribution in [3.63, 3.8) is 0 Å². The van der Waals surface area contributed by atoms with E-state index in [1.807, 2.05) is 16.8 Å². The van der Waals surface area contributed by atoms with Crippen LogP contribution >= 0.6 is 15.9 Å². The van der Waals surface area contributed by atoms with Crippen LogP contribution in [0.1, 0.15) is 36.7 Å². The Balaban J connectivity index is 2.06. The van der Waals surface area contributed by atoms with Crippen molar-refractivity contribution in [2.75, 3.05) is 0 Å². The maximum Gasteiger partial charge on any atom is 0.268 e. The Hall–Kier alpha value is -1.03. The van der Waals surface area contributed by atoms with Gasteiger partial charge in [-0.25, -0.2) is 0 Å². The molecule has 4 heteroatoms. The van der Waals surface area contributed by atoms with Crippen LogP contribution < -0.4 is 5.32 Å². The molecule has 1 aliphatic rings. The zero-order chi connectivity index (χ0) is 12.3. The monoisotopic (exact) mass is 296 g/mol. The summed E-state index contributed by atoms with van der Waals surface area (Å²) in [6.45, 7) is 2.98. The summed E-state index contributed by atoms with van der Waals surface area (Å²) in [6, 6.07) is 2.15. The lowest BCUT2D eigenvalue weighted by atomic mass is 10.2. The Bertz CT molecular complexity index is 429. The number of halogens is 1. The lowest BCUT2D eigenvalue weighted by Crippen LogP contribution is -2.34. The molecule has 1 aromatic rings. The molecule has 0 saturated carbocycles. The van der Waals surface area contributed by atoms with E-state index < -0.39 is 0 Å². The van der Waals surface area contributed by atoms with Gasteiger partial charge in [-0.1, -0.05) is 19.1 Å². The Kier molecular flexibility index (Phi) is 4.05. The molecular weight excluding hydrogens is 280 g/mol. The Labute approximate surface area is 110 Å². The summed E-state index contributed by atoms with van der Waals surface area (Å²) in [5, 5.41) is 3.06. The van der Waals surface area contributed by atoms with Crippen molar-refractivity contribution in [3.8, 4) is 0 Å².